The average Bonchev–Trinajstić information content (AvgIpc) is 2.52. The van der Waals surface area contributed by atoms with Gasteiger partial charge in [0.05, 0.1) is 27.3 Å². The first-order valence-corrected chi connectivity index (χ1v) is 6.49. The molecule has 0 spiro atoms. The van der Waals surface area contributed by atoms with Gasteiger partial charge >= 0.3 is 0 Å². The molecule has 21 heavy (non-hydrogen) atoms. The molecule has 0 radical (unpaired) electrons. The monoisotopic (exact) mass is 295 g/mol. The zero-order valence-electron chi connectivity index (χ0n) is 12.5. The number of likely N-dealkylation sites (N-methyl/N-ethyl adjacent to an activating group) is 1. The molecule has 0 fully saturated rings. The number of rotatable bonds is 8. The van der Waals surface area contributed by atoms with Crippen LogP contribution in [-0.2, 0) is 16.1 Å². The molecule has 7 heteroatoms. The summed E-state index contributed by atoms with van der Waals surface area (Å²) in [6, 6.07) is 5.43. The van der Waals surface area contributed by atoms with Crippen molar-refractivity contribution in [3.63, 3.8) is 0 Å². The highest BCUT2D eigenvalue weighted by molar-refractivity contribution is 5.80. The van der Waals surface area contributed by atoms with Gasteiger partial charge in [-0.05, 0) is 17.7 Å². The number of benzene rings is 1. The second-order valence-electron chi connectivity index (χ2n) is 4.24. The summed E-state index contributed by atoms with van der Waals surface area (Å²) in [5.41, 5.74) is 0.896. The van der Waals surface area contributed by atoms with E-state index in [0.717, 1.165) is 5.56 Å². The van der Waals surface area contributed by atoms with Gasteiger partial charge in [0, 0.05) is 13.6 Å². The van der Waals surface area contributed by atoms with Crippen LogP contribution in [0.15, 0.2) is 18.2 Å². The predicted octanol–water partition coefficient (Wildman–Crippen LogP) is -0.344. The fourth-order valence-corrected chi connectivity index (χ4v) is 1.63. The molecule has 2 amide bonds. The molecule has 0 heterocycles. The van der Waals surface area contributed by atoms with Crippen LogP contribution in [0.1, 0.15) is 5.56 Å². The van der Waals surface area contributed by atoms with Crippen molar-refractivity contribution in [1.29, 1.82) is 0 Å². The third-order valence-corrected chi connectivity index (χ3v) is 2.79. The van der Waals surface area contributed by atoms with Crippen LogP contribution >= 0.6 is 0 Å². The van der Waals surface area contributed by atoms with Gasteiger partial charge in [0.15, 0.2) is 11.5 Å². The van der Waals surface area contributed by atoms with E-state index in [9.17, 15) is 9.59 Å². The van der Waals surface area contributed by atoms with Gasteiger partial charge < -0.3 is 20.1 Å². The van der Waals surface area contributed by atoms with Crippen LogP contribution in [-0.4, -0.2) is 46.2 Å². The molecule has 1 aromatic carbocycles. The lowest BCUT2D eigenvalue weighted by Crippen LogP contribution is -2.38. The minimum absolute atomic E-state index is 0.0840. The summed E-state index contributed by atoms with van der Waals surface area (Å²) in [5, 5.41) is 7.96. The van der Waals surface area contributed by atoms with Gasteiger partial charge in [-0.2, -0.15) is 0 Å². The Bertz CT molecular complexity index is 491. The fraction of sp³-hybridized carbons (Fsp3) is 0.429. The van der Waals surface area contributed by atoms with Crippen molar-refractivity contribution in [2.24, 2.45) is 0 Å². The molecule has 0 unspecified atom stereocenters. The summed E-state index contributed by atoms with van der Waals surface area (Å²) in [7, 11) is 4.67. The Hall–Kier alpha value is -2.28. The second kappa shape index (κ2) is 8.80. The van der Waals surface area contributed by atoms with Gasteiger partial charge in [-0.3, -0.25) is 14.9 Å². The van der Waals surface area contributed by atoms with E-state index >= 15 is 0 Å². The minimum Gasteiger partial charge on any atom is -0.493 e. The van der Waals surface area contributed by atoms with Crippen molar-refractivity contribution in [2.45, 2.75) is 6.54 Å². The first kappa shape index (κ1) is 16.8. The maximum absolute atomic E-state index is 11.6. The van der Waals surface area contributed by atoms with Crippen molar-refractivity contribution in [2.75, 3.05) is 34.4 Å². The van der Waals surface area contributed by atoms with Gasteiger partial charge in [0.25, 0.3) is 0 Å². The first-order valence-electron chi connectivity index (χ1n) is 6.49. The molecule has 7 nitrogen and oxygen atoms in total. The van der Waals surface area contributed by atoms with Crippen LogP contribution in [0.4, 0.5) is 0 Å². The summed E-state index contributed by atoms with van der Waals surface area (Å²) in [6.45, 7) is 0.571. The van der Waals surface area contributed by atoms with Crippen molar-refractivity contribution in [3.05, 3.63) is 23.8 Å². The molecule has 0 aliphatic heterocycles. The van der Waals surface area contributed by atoms with E-state index in [1.165, 1.54) is 0 Å². The lowest BCUT2D eigenvalue weighted by atomic mass is 10.2. The fourth-order valence-electron chi connectivity index (χ4n) is 1.63. The maximum Gasteiger partial charge on any atom is 0.234 e. The minimum atomic E-state index is -0.186. The Morgan fingerprint density at radius 1 is 1.05 bits per heavy atom. The smallest absolute Gasteiger partial charge is 0.234 e. The van der Waals surface area contributed by atoms with Crippen LogP contribution in [0.5, 0.6) is 11.5 Å². The first-order chi connectivity index (χ1) is 10.1. The standard InChI is InChI=1S/C14H21N3O4/c1-15-13(18)8-16-9-14(19)17-7-10-4-5-11(20-2)12(6-10)21-3/h4-6,16H,7-9H2,1-3H3,(H,15,18)(H,17,19). The van der Waals surface area contributed by atoms with Crippen molar-refractivity contribution < 1.29 is 19.1 Å². The van der Waals surface area contributed by atoms with Crippen molar-refractivity contribution in [1.82, 2.24) is 16.0 Å². The van der Waals surface area contributed by atoms with Crippen molar-refractivity contribution in [3.8, 4) is 11.5 Å². The summed E-state index contributed by atoms with van der Waals surface area (Å²) in [4.78, 5) is 22.6. The number of ether oxygens (including phenoxy) is 2. The lowest BCUT2D eigenvalue weighted by Gasteiger charge is -2.10. The number of amides is 2. The van der Waals surface area contributed by atoms with Gasteiger partial charge in [-0.1, -0.05) is 6.07 Å². The van der Waals surface area contributed by atoms with Crippen LogP contribution in [0.2, 0.25) is 0 Å². The average molecular weight is 295 g/mol. The number of hydrogen-bond donors (Lipinski definition) is 3. The van der Waals surface area contributed by atoms with Crippen LogP contribution in [0.3, 0.4) is 0 Å². The Balaban J connectivity index is 2.40. The molecular weight excluding hydrogens is 274 g/mol. The Morgan fingerprint density at radius 3 is 2.33 bits per heavy atom. The van der Waals surface area contributed by atoms with E-state index in [1.807, 2.05) is 6.07 Å². The normalized spacial score (nSPS) is 9.86. The van der Waals surface area contributed by atoms with Gasteiger partial charge in [-0.25, -0.2) is 0 Å². The molecule has 0 atom stereocenters. The van der Waals surface area contributed by atoms with Crippen molar-refractivity contribution >= 4 is 11.8 Å². The zero-order valence-corrected chi connectivity index (χ0v) is 12.5. The van der Waals surface area contributed by atoms with E-state index in [1.54, 1.807) is 33.4 Å². The third-order valence-electron chi connectivity index (χ3n) is 2.79. The summed E-state index contributed by atoms with van der Waals surface area (Å²) >= 11 is 0. The quantitative estimate of drug-likeness (QED) is 0.610. The molecule has 0 saturated carbocycles. The number of hydrogen-bond acceptors (Lipinski definition) is 5. The summed E-state index contributed by atoms with van der Waals surface area (Å²) < 4.78 is 10.3. The molecule has 3 N–H and O–H groups in total. The number of carbonyl (C=O) groups is 2. The Morgan fingerprint density at radius 2 is 1.71 bits per heavy atom. The Labute approximate surface area is 124 Å². The molecule has 0 saturated heterocycles. The number of carbonyl (C=O) groups excluding carboxylic acids is 2. The lowest BCUT2D eigenvalue weighted by molar-refractivity contribution is -0.121. The summed E-state index contributed by atoms with van der Waals surface area (Å²) in [5.74, 6) is 0.901. The highest BCUT2D eigenvalue weighted by atomic mass is 16.5. The highest BCUT2D eigenvalue weighted by Crippen LogP contribution is 2.27. The molecule has 0 aliphatic rings. The molecule has 1 aromatic rings. The van der Waals surface area contributed by atoms with Gasteiger partial charge in [0.1, 0.15) is 0 Å². The van der Waals surface area contributed by atoms with Gasteiger partial charge in [0.2, 0.25) is 11.8 Å². The van der Waals surface area contributed by atoms with E-state index in [-0.39, 0.29) is 24.9 Å². The number of nitrogens with one attached hydrogen (secondary N) is 3. The molecule has 0 bridgehead atoms. The molecule has 1 rings (SSSR count). The third kappa shape index (κ3) is 5.70. The number of methoxy groups -OCH3 is 2. The van der Waals surface area contributed by atoms with E-state index < -0.39 is 0 Å². The SMILES string of the molecule is CNC(=O)CNCC(=O)NCc1ccc(OC)c(OC)c1. The molecule has 0 aromatic heterocycles. The van der Waals surface area contributed by atoms with E-state index in [0.29, 0.717) is 18.0 Å². The molecular formula is C14H21N3O4. The molecule has 0 aliphatic carbocycles. The summed E-state index contributed by atoms with van der Waals surface area (Å²) in [6.07, 6.45) is 0. The highest BCUT2D eigenvalue weighted by Gasteiger charge is 2.06. The Kier molecular flexibility index (Phi) is 7.03. The van der Waals surface area contributed by atoms with E-state index in [2.05, 4.69) is 16.0 Å². The topological polar surface area (TPSA) is 88.7 Å². The van der Waals surface area contributed by atoms with Crippen LogP contribution in [0, 0.1) is 0 Å². The van der Waals surface area contributed by atoms with E-state index in [4.69, 9.17) is 9.47 Å². The predicted molar refractivity (Wildman–Crippen MR) is 78.3 cm³/mol. The van der Waals surface area contributed by atoms with Crippen LogP contribution < -0.4 is 25.4 Å². The maximum atomic E-state index is 11.6. The van der Waals surface area contributed by atoms with Gasteiger partial charge in [-0.15, -0.1) is 0 Å². The largest absolute Gasteiger partial charge is 0.493 e. The van der Waals surface area contributed by atoms with Crippen LogP contribution in [0.25, 0.3) is 0 Å². The second-order valence-corrected chi connectivity index (χ2v) is 4.24. The molecule has 116 valence electrons. The zero-order chi connectivity index (χ0) is 15.7.